The summed E-state index contributed by atoms with van der Waals surface area (Å²) in [6.45, 7) is 2.19. The van der Waals surface area contributed by atoms with Crippen molar-refractivity contribution in [1.29, 1.82) is 5.41 Å². The van der Waals surface area contributed by atoms with Gasteiger partial charge in [0.15, 0.2) is 0 Å². The first-order chi connectivity index (χ1) is 14.2. The molecule has 0 aromatic heterocycles. The number of benzene rings is 3. The summed E-state index contributed by atoms with van der Waals surface area (Å²) in [6.07, 6.45) is 4.74. The van der Waals surface area contributed by atoms with Crippen LogP contribution in [0.1, 0.15) is 41.5 Å². The second kappa shape index (κ2) is 7.25. The Balaban J connectivity index is 1.67. The quantitative estimate of drug-likeness (QED) is 0.496. The normalized spacial score (nSPS) is 22.4. The van der Waals surface area contributed by atoms with E-state index in [0.717, 1.165) is 17.8 Å². The molecule has 0 fully saturated rings. The lowest BCUT2D eigenvalue weighted by molar-refractivity contribution is 0.674. The van der Waals surface area contributed by atoms with Crippen LogP contribution < -0.4 is 10.6 Å². The summed E-state index contributed by atoms with van der Waals surface area (Å²) >= 11 is 0. The summed E-state index contributed by atoms with van der Waals surface area (Å²) < 4.78 is 0. The highest BCUT2D eigenvalue weighted by atomic mass is 15.0. The Morgan fingerprint density at radius 3 is 2.31 bits per heavy atom. The second-order valence-corrected chi connectivity index (χ2v) is 7.95. The van der Waals surface area contributed by atoms with Crippen molar-refractivity contribution in [3.8, 4) is 0 Å². The molecular formula is C26H25N3. The van der Waals surface area contributed by atoms with Crippen LogP contribution in [0.5, 0.6) is 0 Å². The van der Waals surface area contributed by atoms with Crippen LogP contribution >= 0.6 is 0 Å². The van der Waals surface area contributed by atoms with Crippen LogP contribution in [0, 0.1) is 5.41 Å². The Kier molecular flexibility index (Phi) is 4.44. The number of anilines is 2. The Labute approximate surface area is 172 Å². The monoisotopic (exact) mass is 379 g/mol. The second-order valence-electron chi connectivity index (χ2n) is 7.95. The standard InChI is InChI=1S/C26H25N3/c1-17-14-23(18-8-4-2-5-9-18)21-12-13-22-24(19-10-6-3-7-11-19)15-20(16-27)29-26(22)25(21)28-17/h2-14,16-17,20,24,27-29H,15H2,1H3. The molecule has 3 aromatic carbocycles. The molecule has 3 N–H and O–H groups in total. The maximum Gasteiger partial charge on any atom is 0.0663 e. The minimum atomic E-state index is 0.0300. The van der Waals surface area contributed by atoms with Crippen molar-refractivity contribution in [3.05, 3.63) is 101 Å². The van der Waals surface area contributed by atoms with Crippen LogP contribution in [0.4, 0.5) is 11.4 Å². The lowest BCUT2D eigenvalue weighted by Crippen LogP contribution is -2.31. The highest BCUT2D eigenvalue weighted by Gasteiger charge is 2.31. The van der Waals surface area contributed by atoms with E-state index in [1.807, 2.05) is 0 Å². The van der Waals surface area contributed by atoms with Gasteiger partial charge in [-0.2, -0.15) is 0 Å². The molecule has 3 heteroatoms. The molecule has 144 valence electrons. The molecule has 3 aromatic rings. The molecule has 0 radical (unpaired) electrons. The Hall–Kier alpha value is -3.33. The predicted octanol–water partition coefficient (Wildman–Crippen LogP) is 5.90. The van der Waals surface area contributed by atoms with E-state index in [0.29, 0.717) is 0 Å². The van der Waals surface area contributed by atoms with Gasteiger partial charge in [0.05, 0.1) is 17.4 Å². The number of rotatable bonds is 3. The molecular weight excluding hydrogens is 354 g/mol. The van der Waals surface area contributed by atoms with E-state index >= 15 is 0 Å². The molecule has 0 amide bonds. The van der Waals surface area contributed by atoms with Crippen molar-refractivity contribution >= 4 is 23.2 Å². The molecule has 0 aliphatic carbocycles. The van der Waals surface area contributed by atoms with Gasteiger partial charge in [-0.3, -0.25) is 0 Å². The van der Waals surface area contributed by atoms with Gasteiger partial charge < -0.3 is 16.0 Å². The van der Waals surface area contributed by atoms with Crippen LogP contribution in [0.15, 0.2) is 78.9 Å². The molecule has 3 unspecified atom stereocenters. The summed E-state index contributed by atoms with van der Waals surface area (Å²) in [4.78, 5) is 0. The molecule has 0 saturated heterocycles. The topological polar surface area (TPSA) is 47.9 Å². The molecule has 3 nitrogen and oxygen atoms in total. The first kappa shape index (κ1) is 17.7. The van der Waals surface area contributed by atoms with E-state index in [1.54, 1.807) is 6.21 Å². The fourth-order valence-corrected chi connectivity index (χ4v) is 4.65. The van der Waals surface area contributed by atoms with Crippen molar-refractivity contribution < 1.29 is 0 Å². The van der Waals surface area contributed by atoms with Gasteiger partial charge in [0.1, 0.15) is 0 Å². The summed E-state index contributed by atoms with van der Waals surface area (Å²) in [5.41, 5.74) is 8.64. The lowest BCUT2D eigenvalue weighted by Gasteiger charge is -2.36. The minimum absolute atomic E-state index is 0.0300. The number of hydrogen-bond acceptors (Lipinski definition) is 3. The molecule has 3 atom stereocenters. The van der Waals surface area contributed by atoms with Gasteiger partial charge >= 0.3 is 0 Å². The Morgan fingerprint density at radius 2 is 1.59 bits per heavy atom. The summed E-state index contributed by atoms with van der Waals surface area (Å²) in [5.74, 6) is 0.285. The van der Waals surface area contributed by atoms with Crippen LogP contribution in [0.3, 0.4) is 0 Å². The number of nitrogens with one attached hydrogen (secondary N) is 3. The third kappa shape index (κ3) is 3.13. The third-order valence-electron chi connectivity index (χ3n) is 6.00. The Morgan fingerprint density at radius 1 is 0.862 bits per heavy atom. The van der Waals surface area contributed by atoms with Gasteiger partial charge in [0.2, 0.25) is 0 Å². The van der Waals surface area contributed by atoms with Gasteiger partial charge in [-0.15, -0.1) is 0 Å². The summed E-state index contributed by atoms with van der Waals surface area (Å²) in [7, 11) is 0. The fourth-order valence-electron chi connectivity index (χ4n) is 4.65. The van der Waals surface area contributed by atoms with E-state index in [4.69, 9.17) is 5.41 Å². The average Bonchev–Trinajstić information content (AvgIpc) is 2.78. The Bertz CT molecular complexity index is 1070. The zero-order valence-electron chi connectivity index (χ0n) is 16.5. The van der Waals surface area contributed by atoms with E-state index in [2.05, 4.69) is 96.4 Å². The number of fused-ring (bicyclic) bond motifs is 3. The maximum atomic E-state index is 7.93. The summed E-state index contributed by atoms with van der Waals surface area (Å²) in [6, 6.07) is 26.1. The van der Waals surface area contributed by atoms with E-state index < -0.39 is 0 Å². The minimum Gasteiger partial charge on any atom is -0.377 e. The highest BCUT2D eigenvalue weighted by Crippen LogP contribution is 2.47. The first-order valence-corrected chi connectivity index (χ1v) is 10.3. The zero-order chi connectivity index (χ0) is 19.8. The van der Waals surface area contributed by atoms with Crippen molar-refractivity contribution in [3.63, 3.8) is 0 Å². The first-order valence-electron chi connectivity index (χ1n) is 10.3. The van der Waals surface area contributed by atoms with E-state index in [-0.39, 0.29) is 18.0 Å². The van der Waals surface area contributed by atoms with Crippen LogP contribution in [0.2, 0.25) is 0 Å². The largest absolute Gasteiger partial charge is 0.377 e. The molecule has 2 aliphatic rings. The molecule has 0 bridgehead atoms. The number of hydrogen-bond donors (Lipinski definition) is 3. The average molecular weight is 380 g/mol. The van der Waals surface area contributed by atoms with Gasteiger partial charge in [-0.1, -0.05) is 78.9 Å². The van der Waals surface area contributed by atoms with Gasteiger partial charge in [0, 0.05) is 23.7 Å². The summed E-state index contributed by atoms with van der Waals surface area (Å²) in [5, 5.41) is 15.3. The van der Waals surface area contributed by atoms with Crippen LogP contribution in [-0.2, 0) is 0 Å². The third-order valence-corrected chi connectivity index (χ3v) is 6.00. The van der Waals surface area contributed by atoms with Crippen LogP contribution in [0.25, 0.3) is 5.57 Å². The molecule has 29 heavy (non-hydrogen) atoms. The van der Waals surface area contributed by atoms with Crippen molar-refractivity contribution in [1.82, 2.24) is 0 Å². The van der Waals surface area contributed by atoms with Crippen LogP contribution in [-0.4, -0.2) is 18.3 Å². The maximum absolute atomic E-state index is 7.93. The van der Waals surface area contributed by atoms with Gasteiger partial charge in [0.25, 0.3) is 0 Å². The molecule has 0 spiro atoms. The van der Waals surface area contributed by atoms with Crippen molar-refractivity contribution in [2.75, 3.05) is 10.6 Å². The van der Waals surface area contributed by atoms with E-state index in [9.17, 15) is 0 Å². The van der Waals surface area contributed by atoms with E-state index in [1.165, 1.54) is 27.8 Å². The highest BCUT2D eigenvalue weighted by molar-refractivity contribution is 5.96. The predicted molar refractivity (Wildman–Crippen MR) is 122 cm³/mol. The molecule has 0 saturated carbocycles. The fraction of sp³-hybridized carbons (Fsp3) is 0.192. The van der Waals surface area contributed by atoms with Crippen molar-refractivity contribution in [2.45, 2.75) is 31.3 Å². The zero-order valence-corrected chi connectivity index (χ0v) is 16.5. The van der Waals surface area contributed by atoms with Crippen molar-refractivity contribution in [2.24, 2.45) is 0 Å². The SMILES string of the molecule is CC1C=C(c2ccccc2)c2ccc3c(c2N1)NC(C=N)CC3c1ccccc1. The lowest BCUT2D eigenvalue weighted by atomic mass is 9.79. The molecule has 2 aliphatic heterocycles. The smallest absolute Gasteiger partial charge is 0.0663 e. The molecule has 2 heterocycles. The van der Waals surface area contributed by atoms with Gasteiger partial charge in [-0.25, -0.2) is 0 Å². The molecule has 5 rings (SSSR count). The van der Waals surface area contributed by atoms with Gasteiger partial charge in [-0.05, 0) is 35.6 Å².